The maximum absolute atomic E-state index is 12.4. The van der Waals surface area contributed by atoms with Crippen LogP contribution in [0.25, 0.3) is 0 Å². The van der Waals surface area contributed by atoms with Gasteiger partial charge in [-0.15, -0.1) is 0 Å². The first-order valence-corrected chi connectivity index (χ1v) is 9.27. The van der Waals surface area contributed by atoms with E-state index in [9.17, 15) is 4.79 Å². The van der Waals surface area contributed by atoms with Crippen molar-refractivity contribution in [1.82, 2.24) is 10.2 Å². The van der Waals surface area contributed by atoms with Crippen molar-refractivity contribution >= 4 is 5.91 Å². The second-order valence-electron chi connectivity index (χ2n) is 8.37. The van der Waals surface area contributed by atoms with E-state index in [1.807, 2.05) is 14.1 Å². The number of likely N-dealkylation sites (N-methyl/N-ethyl adjacent to an activating group) is 1. The quantitative estimate of drug-likeness (QED) is 0.707. The van der Waals surface area contributed by atoms with Crippen molar-refractivity contribution < 1.29 is 9.53 Å². The molecule has 1 amide bonds. The minimum absolute atomic E-state index is 0.125. The Morgan fingerprint density at radius 2 is 2.00 bits per heavy atom. The summed E-state index contributed by atoms with van der Waals surface area (Å²) in [6, 6.07) is 0. The highest BCUT2D eigenvalue weighted by Gasteiger charge is 2.39. The van der Waals surface area contributed by atoms with Gasteiger partial charge in [0.05, 0.1) is 6.10 Å². The number of hydrogen-bond donors (Lipinski definition) is 1. The summed E-state index contributed by atoms with van der Waals surface area (Å²) in [5.41, 5.74) is 0.125. The van der Waals surface area contributed by atoms with Crippen molar-refractivity contribution in [3.63, 3.8) is 0 Å². The molecule has 0 aromatic carbocycles. The largest absolute Gasteiger partial charge is 0.378 e. The molecule has 23 heavy (non-hydrogen) atoms. The van der Waals surface area contributed by atoms with Crippen LogP contribution >= 0.6 is 0 Å². The number of nitrogens with zero attached hydrogens (tertiary/aromatic N) is 1. The van der Waals surface area contributed by atoms with Crippen molar-refractivity contribution in [1.29, 1.82) is 0 Å². The van der Waals surface area contributed by atoms with Crippen LogP contribution in [0.4, 0.5) is 0 Å². The molecule has 1 rings (SSSR count). The Morgan fingerprint density at radius 3 is 2.57 bits per heavy atom. The Hall–Kier alpha value is -0.610. The molecule has 1 heterocycles. The molecular weight excluding hydrogens is 288 g/mol. The molecule has 0 saturated carbocycles. The third kappa shape index (κ3) is 7.67. The smallest absolute Gasteiger partial charge is 0.220 e. The van der Waals surface area contributed by atoms with Crippen LogP contribution in [0.3, 0.4) is 0 Å². The molecular formula is C19H38N2O2. The second-order valence-corrected chi connectivity index (χ2v) is 8.37. The van der Waals surface area contributed by atoms with Crippen molar-refractivity contribution in [2.75, 3.05) is 33.8 Å². The van der Waals surface area contributed by atoms with E-state index >= 15 is 0 Å². The number of carbonyl (C=O) groups excluding carboxylic acids is 1. The van der Waals surface area contributed by atoms with Gasteiger partial charge in [0, 0.05) is 26.1 Å². The van der Waals surface area contributed by atoms with Crippen LogP contribution in [-0.2, 0) is 9.53 Å². The lowest BCUT2D eigenvalue weighted by atomic mass is 9.69. The molecule has 1 aliphatic heterocycles. The normalized spacial score (nSPS) is 25.3. The zero-order valence-electron chi connectivity index (χ0n) is 16.2. The van der Waals surface area contributed by atoms with Gasteiger partial charge < -0.3 is 15.0 Å². The highest BCUT2D eigenvalue weighted by atomic mass is 16.5. The fourth-order valence-electron chi connectivity index (χ4n) is 3.34. The van der Waals surface area contributed by atoms with Gasteiger partial charge in [-0.25, -0.2) is 0 Å². The van der Waals surface area contributed by atoms with Gasteiger partial charge in [0.1, 0.15) is 0 Å². The Kier molecular flexibility index (Phi) is 8.56. The highest BCUT2D eigenvalue weighted by Crippen LogP contribution is 2.43. The monoisotopic (exact) mass is 326 g/mol. The van der Waals surface area contributed by atoms with E-state index in [-0.39, 0.29) is 11.3 Å². The first kappa shape index (κ1) is 20.4. The van der Waals surface area contributed by atoms with Crippen molar-refractivity contribution in [2.45, 2.75) is 65.9 Å². The Morgan fingerprint density at radius 1 is 1.30 bits per heavy atom. The van der Waals surface area contributed by atoms with Crippen LogP contribution in [0.5, 0.6) is 0 Å². The molecule has 1 N–H and O–H groups in total. The van der Waals surface area contributed by atoms with Crippen LogP contribution < -0.4 is 5.32 Å². The molecule has 0 unspecified atom stereocenters. The van der Waals surface area contributed by atoms with Crippen LogP contribution in [-0.4, -0.2) is 50.7 Å². The van der Waals surface area contributed by atoms with Crippen LogP contribution in [0.15, 0.2) is 0 Å². The van der Waals surface area contributed by atoms with Crippen molar-refractivity contribution in [2.24, 2.45) is 17.3 Å². The van der Waals surface area contributed by atoms with E-state index in [2.05, 4.69) is 37.9 Å². The molecule has 0 aromatic rings. The first-order chi connectivity index (χ1) is 10.7. The predicted octanol–water partition coefficient (Wildman–Crippen LogP) is 3.31. The van der Waals surface area contributed by atoms with Crippen LogP contribution in [0.2, 0.25) is 0 Å². The summed E-state index contributed by atoms with van der Waals surface area (Å²) in [6.45, 7) is 11.4. The molecule has 0 radical (unpaired) electrons. The lowest BCUT2D eigenvalue weighted by Gasteiger charge is -2.42. The summed E-state index contributed by atoms with van der Waals surface area (Å²) in [5, 5.41) is 3.10. The summed E-state index contributed by atoms with van der Waals surface area (Å²) in [6.07, 6.45) is 5.32. The average Bonchev–Trinajstić information content (AvgIpc) is 2.45. The third-order valence-corrected chi connectivity index (χ3v) is 5.01. The maximum Gasteiger partial charge on any atom is 0.220 e. The second kappa shape index (κ2) is 9.63. The van der Waals surface area contributed by atoms with Gasteiger partial charge >= 0.3 is 0 Å². The molecule has 0 spiro atoms. The lowest BCUT2D eigenvalue weighted by molar-refractivity contribution is -0.128. The number of nitrogens with one attached hydrogen (secondary N) is 1. The fraction of sp³-hybridized carbons (Fsp3) is 0.947. The van der Waals surface area contributed by atoms with E-state index in [0.717, 1.165) is 39.0 Å². The number of hydrogen-bond acceptors (Lipinski definition) is 3. The fourth-order valence-corrected chi connectivity index (χ4v) is 3.34. The molecule has 4 heteroatoms. The van der Waals surface area contributed by atoms with Crippen LogP contribution in [0, 0.1) is 17.3 Å². The van der Waals surface area contributed by atoms with Gasteiger partial charge in [-0.2, -0.15) is 0 Å². The minimum Gasteiger partial charge on any atom is -0.378 e. The van der Waals surface area contributed by atoms with Crippen molar-refractivity contribution in [3.05, 3.63) is 0 Å². The summed E-state index contributed by atoms with van der Waals surface area (Å²) < 4.78 is 5.96. The van der Waals surface area contributed by atoms with E-state index in [0.29, 0.717) is 24.4 Å². The van der Waals surface area contributed by atoms with Gasteiger partial charge in [0.25, 0.3) is 0 Å². The minimum atomic E-state index is 0.125. The molecule has 1 fully saturated rings. The van der Waals surface area contributed by atoms with Gasteiger partial charge in [-0.3, -0.25) is 4.79 Å². The number of rotatable bonds is 9. The predicted molar refractivity (Wildman–Crippen MR) is 96.5 cm³/mol. The zero-order valence-corrected chi connectivity index (χ0v) is 16.2. The SMILES string of the molecule is CC(C)CC[C@]1(CC(=O)NCCN(C)C)CCO[C@@H](C(C)C)C1. The molecule has 0 aromatic heterocycles. The number of carbonyl (C=O) groups is 1. The number of amides is 1. The Labute approximate surface area is 143 Å². The molecule has 1 saturated heterocycles. The molecule has 0 aliphatic carbocycles. The van der Waals surface area contributed by atoms with Gasteiger partial charge in [-0.05, 0) is 50.6 Å². The lowest BCUT2D eigenvalue weighted by Crippen LogP contribution is -2.42. The molecule has 4 nitrogen and oxygen atoms in total. The molecule has 1 aliphatic rings. The van der Waals surface area contributed by atoms with Crippen LogP contribution in [0.1, 0.15) is 59.8 Å². The summed E-state index contributed by atoms with van der Waals surface area (Å²) in [4.78, 5) is 14.5. The molecule has 136 valence electrons. The zero-order chi connectivity index (χ0) is 17.5. The van der Waals surface area contributed by atoms with E-state index < -0.39 is 0 Å². The molecule has 0 bridgehead atoms. The topological polar surface area (TPSA) is 41.6 Å². The highest BCUT2D eigenvalue weighted by molar-refractivity contribution is 5.76. The van der Waals surface area contributed by atoms with E-state index in [4.69, 9.17) is 4.74 Å². The summed E-state index contributed by atoms with van der Waals surface area (Å²) >= 11 is 0. The average molecular weight is 327 g/mol. The Balaban J connectivity index is 2.65. The summed E-state index contributed by atoms with van der Waals surface area (Å²) in [7, 11) is 4.06. The summed E-state index contributed by atoms with van der Waals surface area (Å²) in [5.74, 6) is 1.41. The van der Waals surface area contributed by atoms with Gasteiger partial charge in [0.15, 0.2) is 0 Å². The first-order valence-electron chi connectivity index (χ1n) is 9.27. The third-order valence-electron chi connectivity index (χ3n) is 5.01. The van der Waals surface area contributed by atoms with E-state index in [1.165, 1.54) is 6.42 Å². The Bertz CT molecular complexity index is 355. The van der Waals surface area contributed by atoms with Gasteiger partial charge in [-0.1, -0.05) is 34.1 Å². The van der Waals surface area contributed by atoms with Gasteiger partial charge in [0.2, 0.25) is 5.91 Å². The standard InChI is InChI=1S/C19H38N2O2/c1-15(2)7-8-19(9-12-23-17(13-19)16(3)4)14-18(22)20-10-11-21(5)6/h15-17H,7-14H2,1-6H3,(H,20,22)/t17-,19+/m1/s1. The van der Waals surface area contributed by atoms with E-state index in [1.54, 1.807) is 0 Å². The number of ether oxygens (including phenoxy) is 1. The van der Waals surface area contributed by atoms with Crippen molar-refractivity contribution in [3.8, 4) is 0 Å². The molecule has 2 atom stereocenters. The maximum atomic E-state index is 12.4.